The molecule has 1 aliphatic rings. The minimum atomic E-state index is -0.497. The number of aliphatic hydroxyl groups is 1. The fourth-order valence-electron chi connectivity index (χ4n) is 2.76. The van der Waals surface area contributed by atoms with Crippen LogP contribution in [0.3, 0.4) is 0 Å². The number of carbonyl (C=O) groups is 1. The lowest BCUT2D eigenvalue weighted by Gasteiger charge is -2.35. The molecule has 3 N–H and O–H groups in total. The van der Waals surface area contributed by atoms with Crippen molar-refractivity contribution in [2.45, 2.75) is 12.2 Å². The SMILES string of the molecule is CN(CC(N)=O)C[C@H]1CN(C[C@@H](O)c2ccccc2)CCO1. The van der Waals surface area contributed by atoms with Crippen molar-refractivity contribution in [2.75, 3.05) is 46.4 Å². The van der Waals surface area contributed by atoms with Gasteiger partial charge in [-0.1, -0.05) is 30.3 Å². The highest BCUT2D eigenvalue weighted by Crippen LogP contribution is 2.16. The van der Waals surface area contributed by atoms with Crippen LogP contribution < -0.4 is 5.73 Å². The van der Waals surface area contributed by atoms with Crippen LogP contribution in [0.1, 0.15) is 11.7 Å². The summed E-state index contributed by atoms with van der Waals surface area (Å²) in [6, 6.07) is 9.67. The molecule has 1 aromatic rings. The molecular weight excluding hydrogens is 282 g/mol. The van der Waals surface area contributed by atoms with Gasteiger partial charge in [-0.2, -0.15) is 0 Å². The van der Waals surface area contributed by atoms with Crippen molar-refractivity contribution < 1.29 is 14.6 Å². The molecule has 1 aromatic carbocycles. The maximum absolute atomic E-state index is 10.9. The van der Waals surface area contributed by atoms with E-state index >= 15 is 0 Å². The highest BCUT2D eigenvalue weighted by molar-refractivity contribution is 5.75. The molecule has 122 valence electrons. The van der Waals surface area contributed by atoms with Gasteiger partial charge in [0.05, 0.1) is 25.4 Å². The Morgan fingerprint density at radius 3 is 2.91 bits per heavy atom. The van der Waals surface area contributed by atoms with Crippen LogP contribution in [0.25, 0.3) is 0 Å². The number of morpholine rings is 1. The molecule has 0 radical (unpaired) electrons. The van der Waals surface area contributed by atoms with Crippen molar-refractivity contribution in [3.05, 3.63) is 35.9 Å². The summed E-state index contributed by atoms with van der Waals surface area (Å²) in [5.41, 5.74) is 6.12. The van der Waals surface area contributed by atoms with Gasteiger partial charge in [0.15, 0.2) is 0 Å². The van der Waals surface area contributed by atoms with Crippen molar-refractivity contribution >= 4 is 5.91 Å². The van der Waals surface area contributed by atoms with Crippen LogP contribution in [-0.4, -0.2) is 73.3 Å². The third-order valence-corrected chi connectivity index (χ3v) is 3.78. The minimum Gasteiger partial charge on any atom is -0.387 e. The topological polar surface area (TPSA) is 79.0 Å². The molecule has 1 heterocycles. The molecule has 2 rings (SSSR count). The van der Waals surface area contributed by atoms with E-state index in [1.807, 2.05) is 42.3 Å². The Hall–Kier alpha value is -1.47. The summed E-state index contributed by atoms with van der Waals surface area (Å²) in [5.74, 6) is -0.338. The maximum atomic E-state index is 10.9. The highest BCUT2D eigenvalue weighted by atomic mass is 16.5. The molecule has 1 saturated heterocycles. The van der Waals surface area contributed by atoms with Crippen LogP contribution in [0, 0.1) is 0 Å². The molecular formula is C16H25N3O3. The number of rotatable bonds is 7. The van der Waals surface area contributed by atoms with Gasteiger partial charge in [0.25, 0.3) is 0 Å². The zero-order valence-corrected chi connectivity index (χ0v) is 13.0. The summed E-state index contributed by atoms with van der Waals surface area (Å²) in [6.45, 7) is 3.65. The fraction of sp³-hybridized carbons (Fsp3) is 0.562. The van der Waals surface area contributed by atoms with E-state index in [-0.39, 0.29) is 18.6 Å². The van der Waals surface area contributed by atoms with Gasteiger partial charge < -0.3 is 15.6 Å². The first-order valence-corrected chi connectivity index (χ1v) is 7.58. The highest BCUT2D eigenvalue weighted by Gasteiger charge is 2.24. The van der Waals surface area contributed by atoms with Gasteiger partial charge in [0.1, 0.15) is 0 Å². The van der Waals surface area contributed by atoms with Crippen molar-refractivity contribution in [1.29, 1.82) is 0 Å². The van der Waals surface area contributed by atoms with Crippen molar-refractivity contribution in [2.24, 2.45) is 5.73 Å². The van der Waals surface area contributed by atoms with Crippen LogP contribution in [0.5, 0.6) is 0 Å². The second-order valence-electron chi connectivity index (χ2n) is 5.84. The van der Waals surface area contributed by atoms with Crippen LogP contribution in [0.2, 0.25) is 0 Å². The molecule has 2 atom stereocenters. The van der Waals surface area contributed by atoms with E-state index in [9.17, 15) is 9.90 Å². The van der Waals surface area contributed by atoms with E-state index in [1.165, 1.54) is 0 Å². The molecule has 0 spiro atoms. The number of primary amides is 1. The van der Waals surface area contributed by atoms with E-state index < -0.39 is 6.10 Å². The monoisotopic (exact) mass is 307 g/mol. The smallest absolute Gasteiger partial charge is 0.231 e. The first-order chi connectivity index (χ1) is 10.5. The first kappa shape index (κ1) is 16.9. The van der Waals surface area contributed by atoms with Crippen LogP contribution >= 0.6 is 0 Å². The Labute approximate surface area is 131 Å². The Morgan fingerprint density at radius 1 is 1.50 bits per heavy atom. The van der Waals surface area contributed by atoms with E-state index in [2.05, 4.69) is 4.90 Å². The largest absolute Gasteiger partial charge is 0.387 e. The lowest BCUT2D eigenvalue weighted by atomic mass is 10.1. The van der Waals surface area contributed by atoms with Crippen molar-refractivity contribution in [3.8, 4) is 0 Å². The number of nitrogens with two attached hydrogens (primary N) is 1. The standard InChI is InChI=1S/C16H25N3O3/c1-18(12-16(17)21)9-14-10-19(7-8-22-14)11-15(20)13-5-3-2-4-6-13/h2-6,14-15,20H,7-12H2,1H3,(H2,17,21)/t14-,15+/m0/s1. The molecule has 0 aromatic heterocycles. The van der Waals surface area contributed by atoms with Gasteiger partial charge in [0, 0.05) is 26.2 Å². The summed E-state index contributed by atoms with van der Waals surface area (Å²) < 4.78 is 5.73. The van der Waals surface area contributed by atoms with Gasteiger partial charge in [-0.25, -0.2) is 0 Å². The molecule has 1 amide bonds. The van der Waals surface area contributed by atoms with Crippen molar-refractivity contribution in [1.82, 2.24) is 9.80 Å². The Morgan fingerprint density at radius 2 is 2.23 bits per heavy atom. The molecule has 6 nitrogen and oxygen atoms in total. The number of carbonyl (C=O) groups excluding carboxylic acids is 1. The molecule has 0 aliphatic carbocycles. The van der Waals surface area contributed by atoms with Gasteiger partial charge in [-0.15, -0.1) is 0 Å². The average molecular weight is 307 g/mol. The number of benzene rings is 1. The molecule has 0 bridgehead atoms. The number of β-amino-alcohol motifs (C(OH)–C–C–N with tert-alkyl or cyclic N) is 1. The van der Waals surface area contributed by atoms with E-state index in [4.69, 9.17) is 10.5 Å². The number of amides is 1. The zero-order chi connectivity index (χ0) is 15.9. The van der Waals surface area contributed by atoms with Crippen LogP contribution in [0.4, 0.5) is 0 Å². The van der Waals surface area contributed by atoms with Gasteiger partial charge in [0.2, 0.25) is 5.91 Å². The quantitative estimate of drug-likeness (QED) is 0.732. The zero-order valence-electron chi connectivity index (χ0n) is 13.0. The molecule has 22 heavy (non-hydrogen) atoms. The summed E-state index contributed by atoms with van der Waals surface area (Å²) in [4.78, 5) is 15.0. The predicted molar refractivity (Wildman–Crippen MR) is 84.3 cm³/mol. The second-order valence-corrected chi connectivity index (χ2v) is 5.84. The van der Waals surface area contributed by atoms with Gasteiger partial charge >= 0.3 is 0 Å². The average Bonchev–Trinajstić information content (AvgIpc) is 2.47. The second kappa shape index (κ2) is 8.24. The van der Waals surface area contributed by atoms with Gasteiger partial charge in [-0.05, 0) is 12.6 Å². The minimum absolute atomic E-state index is 0.0288. The van der Waals surface area contributed by atoms with Gasteiger partial charge in [-0.3, -0.25) is 14.6 Å². The summed E-state index contributed by atoms with van der Waals surface area (Å²) in [6.07, 6.45) is -0.468. The normalized spacial score (nSPS) is 21.0. The van der Waals surface area contributed by atoms with Crippen LogP contribution in [0.15, 0.2) is 30.3 Å². The molecule has 0 saturated carbocycles. The number of ether oxygens (including phenoxy) is 1. The number of nitrogens with zero attached hydrogens (tertiary/aromatic N) is 2. The number of likely N-dealkylation sites (N-methyl/N-ethyl adjacent to an activating group) is 1. The number of hydrogen-bond acceptors (Lipinski definition) is 5. The number of aliphatic hydroxyl groups excluding tert-OH is 1. The fourth-order valence-corrected chi connectivity index (χ4v) is 2.76. The third kappa shape index (κ3) is 5.38. The summed E-state index contributed by atoms with van der Waals surface area (Å²) >= 11 is 0. The molecule has 1 aliphatic heterocycles. The van der Waals surface area contributed by atoms with Crippen LogP contribution in [-0.2, 0) is 9.53 Å². The lowest BCUT2D eigenvalue weighted by molar-refractivity contribution is -0.119. The first-order valence-electron chi connectivity index (χ1n) is 7.58. The Kier molecular flexibility index (Phi) is 6.33. The molecule has 6 heteroatoms. The summed E-state index contributed by atoms with van der Waals surface area (Å²) in [5, 5.41) is 10.3. The lowest BCUT2D eigenvalue weighted by Crippen LogP contribution is -2.48. The Balaban J connectivity index is 1.81. The Bertz CT molecular complexity index is 469. The third-order valence-electron chi connectivity index (χ3n) is 3.78. The summed E-state index contributed by atoms with van der Waals surface area (Å²) in [7, 11) is 1.85. The van der Waals surface area contributed by atoms with E-state index in [0.717, 1.165) is 18.7 Å². The maximum Gasteiger partial charge on any atom is 0.231 e. The molecule has 1 fully saturated rings. The molecule has 0 unspecified atom stereocenters. The predicted octanol–water partition coefficient (Wildman–Crippen LogP) is -0.162. The van der Waals surface area contributed by atoms with E-state index in [1.54, 1.807) is 0 Å². The number of hydrogen-bond donors (Lipinski definition) is 2. The van der Waals surface area contributed by atoms with E-state index in [0.29, 0.717) is 19.7 Å². The van der Waals surface area contributed by atoms with Crippen molar-refractivity contribution in [3.63, 3.8) is 0 Å².